The highest BCUT2D eigenvalue weighted by molar-refractivity contribution is 7.90. The third-order valence-corrected chi connectivity index (χ3v) is 6.64. The molecule has 1 amide bonds. The van der Waals surface area contributed by atoms with Gasteiger partial charge in [-0.25, -0.2) is 13.4 Å². The van der Waals surface area contributed by atoms with Crippen LogP contribution in [-0.2, 0) is 31.7 Å². The van der Waals surface area contributed by atoms with Gasteiger partial charge in [-0.1, -0.05) is 44.5 Å². The standard InChI is InChI=1S/C23H34ClN3O4S/c1-17(2)27-20(15-26(10-11-31-6)21(28)13-23(3,4)5)14-25-22(27)32(29,30)16-18-8-7-9-19(24)12-18/h7-9,12,14,17H,10-11,13,15-16H2,1-6H3. The van der Waals surface area contributed by atoms with Crippen LogP contribution in [-0.4, -0.2) is 49.0 Å². The number of imidazole rings is 1. The summed E-state index contributed by atoms with van der Waals surface area (Å²) in [5, 5.41) is 0.481. The number of rotatable bonds is 10. The maximum atomic E-state index is 13.2. The Morgan fingerprint density at radius 3 is 2.53 bits per heavy atom. The van der Waals surface area contributed by atoms with Crippen LogP contribution < -0.4 is 0 Å². The average Bonchev–Trinajstić information content (AvgIpc) is 3.08. The predicted molar refractivity (Wildman–Crippen MR) is 126 cm³/mol. The topological polar surface area (TPSA) is 81.5 Å². The average molecular weight is 484 g/mol. The monoisotopic (exact) mass is 483 g/mol. The van der Waals surface area contributed by atoms with Crippen molar-refractivity contribution in [1.82, 2.24) is 14.5 Å². The van der Waals surface area contributed by atoms with Gasteiger partial charge in [0.15, 0.2) is 0 Å². The van der Waals surface area contributed by atoms with Gasteiger partial charge < -0.3 is 14.2 Å². The number of hydrogen-bond acceptors (Lipinski definition) is 5. The van der Waals surface area contributed by atoms with Gasteiger partial charge in [-0.15, -0.1) is 0 Å². The van der Waals surface area contributed by atoms with Crippen LogP contribution in [0.15, 0.2) is 35.6 Å². The van der Waals surface area contributed by atoms with Gasteiger partial charge >= 0.3 is 0 Å². The molecule has 0 atom stereocenters. The Morgan fingerprint density at radius 2 is 1.97 bits per heavy atom. The van der Waals surface area contributed by atoms with E-state index in [0.717, 1.165) is 0 Å². The first kappa shape index (κ1) is 26.4. The highest BCUT2D eigenvalue weighted by Crippen LogP contribution is 2.25. The summed E-state index contributed by atoms with van der Waals surface area (Å²) in [5.74, 6) is -0.207. The summed E-state index contributed by atoms with van der Waals surface area (Å²) in [5.41, 5.74) is 1.11. The number of aromatic nitrogens is 2. The van der Waals surface area contributed by atoms with Crippen molar-refractivity contribution in [3.8, 4) is 0 Å². The molecule has 0 saturated carbocycles. The van der Waals surface area contributed by atoms with Gasteiger partial charge in [-0.3, -0.25) is 4.79 Å². The number of carbonyl (C=O) groups is 1. The summed E-state index contributed by atoms with van der Waals surface area (Å²) in [7, 11) is -2.13. The molecule has 1 heterocycles. The first-order chi connectivity index (χ1) is 14.8. The maximum absolute atomic E-state index is 13.2. The number of halogens is 1. The maximum Gasteiger partial charge on any atom is 0.228 e. The van der Waals surface area contributed by atoms with Crippen molar-refractivity contribution < 1.29 is 17.9 Å². The summed E-state index contributed by atoms with van der Waals surface area (Å²) in [6, 6.07) is 6.64. The van der Waals surface area contributed by atoms with Crippen LogP contribution in [0.1, 0.15) is 58.3 Å². The molecule has 32 heavy (non-hydrogen) atoms. The molecule has 0 aliphatic rings. The third-order valence-electron chi connectivity index (χ3n) is 4.83. The highest BCUT2D eigenvalue weighted by Gasteiger charge is 2.28. The Morgan fingerprint density at radius 1 is 1.28 bits per heavy atom. The number of amides is 1. The molecule has 2 rings (SSSR count). The zero-order valence-corrected chi connectivity index (χ0v) is 21.3. The molecule has 0 N–H and O–H groups in total. The Kier molecular flexibility index (Phi) is 8.90. The predicted octanol–water partition coefficient (Wildman–Crippen LogP) is 4.50. The van der Waals surface area contributed by atoms with Crippen molar-refractivity contribution in [2.75, 3.05) is 20.3 Å². The first-order valence-electron chi connectivity index (χ1n) is 10.6. The molecule has 0 unspecified atom stereocenters. The van der Waals surface area contributed by atoms with E-state index < -0.39 is 9.84 Å². The Bertz CT molecular complexity index is 1030. The SMILES string of the molecule is COCCN(Cc1cnc(S(=O)(=O)Cc2cccc(Cl)c2)n1C(C)C)C(=O)CC(C)(C)C. The number of nitrogens with zero attached hydrogens (tertiary/aromatic N) is 3. The molecule has 178 valence electrons. The van der Waals surface area contributed by atoms with Gasteiger partial charge in [0.25, 0.3) is 0 Å². The van der Waals surface area contributed by atoms with Crippen LogP contribution in [0.4, 0.5) is 0 Å². The number of sulfone groups is 1. The van der Waals surface area contributed by atoms with E-state index in [1.165, 1.54) is 0 Å². The summed E-state index contributed by atoms with van der Waals surface area (Å²) in [6.45, 7) is 10.9. The van der Waals surface area contributed by atoms with E-state index in [0.29, 0.717) is 35.9 Å². The second-order valence-electron chi connectivity index (χ2n) is 9.43. The molecule has 0 radical (unpaired) electrons. The van der Waals surface area contributed by atoms with Crippen molar-refractivity contribution in [2.45, 2.75) is 64.5 Å². The van der Waals surface area contributed by atoms with E-state index in [4.69, 9.17) is 16.3 Å². The molecule has 1 aromatic carbocycles. The van der Waals surface area contributed by atoms with Gasteiger partial charge in [-0.05, 0) is 37.0 Å². The van der Waals surface area contributed by atoms with Crippen LogP contribution in [0.3, 0.4) is 0 Å². The van der Waals surface area contributed by atoms with Crippen molar-refractivity contribution in [1.29, 1.82) is 0 Å². The fraction of sp³-hybridized carbons (Fsp3) is 0.565. The molecule has 2 aromatic rings. The molecule has 0 bridgehead atoms. The summed E-state index contributed by atoms with van der Waals surface area (Å²) in [6.07, 6.45) is 1.93. The quantitative estimate of drug-likeness (QED) is 0.496. The largest absolute Gasteiger partial charge is 0.383 e. The molecule has 7 nitrogen and oxygen atoms in total. The molecular formula is C23H34ClN3O4S. The lowest BCUT2D eigenvalue weighted by Gasteiger charge is -2.27. The van der Waals surface area contributed by atoms with Crippen molar-refractivity contribution >= 4 is 27.3 Å². The second kappa shape index (κ2) is 10.8. The Hall–Kier alpha value is -1.90. The smallest absolute Gasteiger partial charge is 0.228 e. The molecule has 0 fully saturated rings. The van der Waals surface area contributed by atoms with Crippen LogP contribution in [0.25, 0.3) is 0 Å². The van der Waals surface area contributed by atoms with E-state index in [-0.39, 0.29) is 34.8 Å². The highest BCUT2D eigenvalue weighted by atomic mass is 35.5. The number of ether oxygens (including phenoxy) is 1. The van der Waals surface area contributed by atoms with Crippen molar-refractivity contribution in [3.63, 3.8) is 0 Å². The minimum Gasteiger partial charge on any atom is -0.383 e. The number of methoxy groups -OCH3 is 1. The Labute approximate surface area is 196 Å². The van der Waals surface area contributed by atoms with Gasteiger partial charge in [0.05, 0.1) is 30.8 Å². The summed E-state index contributed by atoms with van der Waals surface area (Å²) in [4.78, 5) is 18.9. The second-order valence-corrected chi connectivity index (χ2v) is 11.8. The van der Waals surface area contributed by atoms with Crippen LogP contribution in [0.5, 0.6) is 0 Å². The molecule has 0 spiro atoms. The first-order valence-corrected chi connectivity index (χ1v) is 12.7. The van der Waals surface area contributed by atoms with E-state index in [1.807, 2.05) is 34.6 Å². The van der Waals surface area contributed by atoms with Crippen LogP contribution >= 0.6 is 11.6 Å². The zero-order chi connectivity index (χ0) is 24.1. The molecule has 0 saturated heterocycles. The van der Waals surface area contributed by atoms with Crippen LogP contribution in [0.2, 0.25) is 5.02 Å². The van der Waals surface area contributed by atoms with Crippen molar-refractivity contribution in [3.05, 3.63) is 46.7 Å². The minimum atomic E-state index is -3.72. The lowest BCUT2D eigenvalue weighted by Crippen LogP contribution is -2.36. The number of benzene rings is 1. The van der Waals surface area contributed by atoms with E-state index in [1.54, 1.807) is 47.0 Å². The van der Waals surface area contributed by atoms with E-state index >= 15 is 0 Å². The minimum absolute atomic E-state index is 0.00237. The third kappa shape index (κ3) is 7.32. The molecule has 0 aliphatic carbocycles. The van der Waals surface area contributed by atoms with Gasteiger partial charge in [0.1, 0.15) is 0 Å². The van der Waals surface area contributed by atoms with Crippen molar-refractivity contribution in [2.24, 2.45) is 5.41 Å². The fourth-order valence-electron chi connectivity index (χ4n) is 3.44. The molecule has 0 aliphatic heterocycles. The number of carbonyl (C=O) groups excluding carboxylic acids is 1. The van der Waals surface area contributed by atoms with E-state index in [2.05, 4.69) is 4.98 Å². The number of hydrogen-bond donors (Lipinski definition) is 0. The summed E-state index contributed by atoms with van der Waals surface area (Å²) >= 11 is 6.02. The lowest BCUT2D eigenvalue weighted by atomic mass is 9.91. The van der Waals surface area contributed by atoms with Crippen LogP contribution in [0, 0.1) is 5.41 Å². The van der Waals surface area contributed by atoms with Gasteiger partial charge in [0.2, 0.25) is 20.9 Å². The normalized spacial score (nSPS) is 12.4. The van der Waals surface area contributed by atoms with E-state index in [9.17, 15) is 13.2 Å². The Balaban J connectivity index is 2.37. The summed E-state index contributed by atoms with van der Waals surface area (Å²) < 4.78 is 33.3. The zero-order valence-electron chi connectivity index (χ0n) is 19.8. The fourth-order valence-corrected chi connectivity index (χ4v) is 5.24. The molecular weight excluding hydrogens is 450 g/mol. The van der Waals surface area contributed by atoms with Gasteiger partial charge in [-0.2, -0.15) is 0 Å². The molecule has 1 aromatic heterocycles. The van der Waals surface area contributed by atoms with Gasteiger partial charge in [0, 0.05) is 31.1 Å². The lowest BCUT2D eigenvalue weighted by molar-refractivity contribution is -0.134. The molecule has 9 heteroatoms.